The fraction of sp³-hybridized carbons (Fsp3) is 0.286. The number of carboxylic acids is 1. The fourth-order valence-corrected chi connectivity index (χ4v) is 5.30. The molecule has 0 saturated heterocycles. The normalized spacial score (nSPS) is 15.9. The Bertz CT molecular complexity index is 1320. The van der Waals surface area contributed by atoms with Crippen LogP contribution in [0.5, 0.6) is 0 Å². The van der Waals surface area contributed by atoms with Crippen molar-refractivity contribution in [3.05, 3.63) is 82.4 Å². The molecule has 0 unspecified atom stereocenters. The summed E-state index contributed by atoms with van der Waals surface area (Å²) in [5, 5.41) is 13.1. The molecule has 1 saturated carbocycles. The largest absolute Gasteiger partial charge is 0.478 e. The first-order chi connectivity index (χ1) is 17.0. The summed E-state index contributed by atoms with van der Waals surface area (Å²) in [6, 6.07) is 15.4. The Kier molecular flexibility index (Phi) is 6.07. The van der Waals surface area contributed by atoms with E-state index in [1.54, 1.807) is 6.07 Å². The van der Waals surface area contributed by atoms with Gasteiger partial charge in [-0.1, -0.05) is 49.6 Å². The van der Waals surface area contributed by atoms with Crippen LogP contribution >= 0.6 is 0 Å². The van der Waals surface area contributed by atoms with E-state index in [0.29, 0.717) is 13.0 Å². The van der Waals surface area contributed by atoms with Gasteiger partial charge < -0.3 is 10.4 Å². The van der Waals surface area contributed by atoms with Crippen LogP contribution in [-0.2, 0) is 6.42 Å². The quantitative estimate of drug-likeness (QED) is 0.519. The van der Waals surface area contributed by atoms with Crippen molar-refractivity contribution in [1.29, 1.82) is 0 Å². The second-order valence-corrected chi connectivity index (χ2v) is 9.14. The van der Waals surface area contributed by atoms with Gasteiger partial charge in [0.2, 0.25) is 0 Å². The molecule has 3 amide bonds. The molecule has 0 aromatic heterocycles. The number of nitrogens with zero attached hydrogens (tertiary/aromatic N) is 1. The first-order valence-corrected chi connectivity index (χ1v) is 12.0. The fourth-order valence-electron chi connectivity index (χ4n) is 5.30. The Morgan fingerprint density at radius 3 is 2.09 bits per heavy atom. The number of carbonyl (C=O) groups is 4. The van der Waals surface area contributed by atoms with Gasteiger partial charge in [-0.2, -0.15) is 0 Å². The van der Waals surface area contributed by atoms with Crippen molar-refractivity contribution >= 4 is 34.5 Å². The number of carboxylic acid groups (broad SMARTS) is 1. The number of carbonyl (C=O) groups excluding carboxylic acids is 3. The van der Waals surface area contributed by atoms with Crippen molar-refractivity contribution in [2.45, 2.75) is 44.6 Å². The highest BCUT2D eigenvalue weighted by Crippen LogP contribution is 2.37. The van der Waals surface area contributed by atoms with Crippen LogP contribution in [0.25, 0.3) is 10.8 Å². The number of aromatic carboxylic acids is 1. The number of benzene rings is 3. The van der Waals surface area contributed by atoms with Crippen molar-refractivity contribution < 1.29 is 24.3 Å². The standard InChI is InChI=1S/C28H26N2O5/c31-25(29-16-15-17-7-3-1-4-8-17)19-11-12-20-24-21(13-14-22(23(19)24)28(34)35)27(33)30(26(20)32)18-9-5-2-6-10-18/h1,3-4,7-8,11-14,18H,2,5-6,9-10,15-16H2,(H,29,31)(H,34,35). The summed E-state index contributed by atoms with van der Waals surface area (Å²) >= 11 is 0. The molecule has 0 atom stereocenters. The molecule has 0 spiro atoms. The third kappa shape index (κ3) is 4.07. The molecule has 5 rings (SSSR count). The average Bonchev–Trinajstić information content (AvgIpc) is 2.88. The molecule has 1 fully saturated rings. The molecule has 2 N–H and O–H groups in total. The first kappa shape index (κ1) is 22.8. The SMILES string of the molecule is O=C(O)c1ccc2c3c(ccc(C(=O)NCCc4ccccc4)c13)C(=O)N(C1CCCCC1)C2=O. The maximum Gasteiger partial charge on any atom is 0.336 e. The van der Waals surface area contributed by atoms with E-state index in [2.05, 4.69) is 5.32 Å². The van der Waals surface area contributed by atoms with Gasteiger partial charge in [0.15, 0.2) is 0 Å². The molecule has 0 bridgehead atoms. The highest BCUT2D eigenvalue weighted by molar-refractivity contribution is 6.29. The van der Waals surface area contributed by atoms with Crippen LogP contribution in [0, 0.1) is 0 Å². The van der Waals surface area contributed by atoms with Crippen molar-refractivity contribution in [2.24, 2.45) is 0 Å². The van der Waals surface area contributed by atoms with E-state index in [1.807, 2.05) is 30.3 Å². The van der Waals surface area contributed by atoms with Gasteiger partial charge in [-0.3, -0.25) is 19.3 Å². The summed E-state index contributed by atoms with van der Waals surface area (Å²) in [6.07, 6.45) is 5.17. The van der Waals surface area contributed by atoms with Crippen molar-refractivity contribution in [3.8, 4) is 0 Å². The summed E-state index contributed by atoms with van der Waals surface area (Å²) in [4.78, 5) is 53.5. The molecule has 3 aromatic carbocycles. The van der Waals surface area contributed by atoms with Crippen LogP contribution in [-0.4, -0.2) is 46.3 Å². The Hall–Kier alpha value is -4.00. The zero-order valence-electron chi connectivity index (χ0n) is 19.3. The highest BCUT2D eigenvalue weighted by Gasteiger charge is 2.39. The third-order valence-electron chi connectivity index (χ3n) is 7.02. The van der Waals surface area contributed by atoms with Crippen LogP contribution in [0.15, 0.2) is 54.6 Å². The molecule has 0 radical (unpaired) electrons. The molecule has 2 aliphatic rings. The van der Waals surface area contributed by atoms with E-state index in [1.165, 1.54) is 23.1 Å². The summed E-state index contributed by atoms with van der Waals surface area (Å²) in [6.45, 7) is 0.363. The van der Waals surface area contributed by atoms with E-state index in [-0.39, 0.29) is 39.1 Å². The molecule has 1 aliphatic carbocycles. The lowest BCUT2D eigenvalue weighted by atomic mass is 9.86. The summed E-state index contributed by atoms with van der Waals surface area (Å²) in [7, 11) is 0. The summed E-state index contributed by atoms with van der Waals surface area (Å²) < 4.78 is 0. The second kappa shape index (κ2) is 9.33. The van der Waals surface area contributed by atoms with Crippen LogP contribution < -0.4 is 5.32 Å². The smallest absolute Gasteiger partial charge is 0.336 e. The minimum absolute atomic E-state index is 0.106. The number of hydrogen-bond acceptors (Lipinski definition) is 4. The van der Waals surface area contributed by atoms with Crippen LogP contribution in [0.2, 0.25) is 0 Å². The van der Waals surface area contributed by atoms with E-state index in [4.69, 9.17) is 0 Å². The van der Waals surface area contributed by atoms with Gasteiger partial charge in [-0.25, -0.2) is 4.79 Å². The maximum atomic E-state index is 13.5. The van der Waals surface area contributed by atoms with Gasteiger partial charge >= 0.3 is 5.97 Å². The van der Waals surface area contributed by atoms with E-state index in [0.717, 1.165) is 37.7 Å². The Balaban J connectivity index is 1.54. The lowest BCUT2D eigenvalue weighted by molar-refractivity contribution is 0.0501. The molecule has 3 aromatic rings. The molecule has 178 valence electrons. The van der Waals surface area contributed by atoms with E-state index < -0.39 is 23.7 Å². The number of rotatable bonds is 6. The molecule has 1 heterocycles. The number of imide groups is 1. The maximum absolute atomic E-state index is 13.5. The molecular weight excluding hydrogens is 444 g/mol. The van der Waals surface area contributed by atoms with Gasteiger partial charge in [-0.05, 0) is 49.1 Å². The minimum atomic E-state index is -1.22. The lowest BCUT2D eigenvalue weighted by Gasteiger charge is -2.36. The van der Waals surface area contributed by atoms with Crippen molar-refractivity contribution in [2.75, 3.05) is 6.54 Å². The lowest BCUT2D eigenvalue weighted by Crippen LogP contribution is -2.48. The number of amides is 3. The Morgan fingerprint density at radius 2 is 1.46 bits per heavy atom. The van der Waals surface area contributed by atoms with Crippen molar-refractivity contribution in [1.82, 2.24) is 10.2 Å². The minimum Gasteiger partial charge on any atom is -0.478 e. The van der Waals surface area contributed by atoms with Gasteiger partial charge in [0.1, 0.15) is 0 Å². The number of hydrogen-bond donors (Lipinski definition) is 2. The predicted octanol–water partition coefficient (Wildman–Crippen LogP) is 4.44. The van der Waals surface area contributed by atoms with Crippen LogP contribution in [0.3, 0.4) is 0 Å². The number of nitrogens with one attached hydrogen (secondary N) is 1. The topological polar surface area (TPSA) is 104 Å². The van der Waals surface area contributed by atoms with E-state index in [9.17, 15) is 24.3 Å². The summed E-state index contributed by atoms with van der Waals surface area (Å²) in [5.41, 5.74) is 1.64. The highest BCUT2D eigenvalue weighted by atomic mass is 16.4. The molecular formula is C28H26N2O5. The van der Waals surface area contributed by atoms with Crippen LogP contribution in [0.4, 0.5) is 0 Å². The first-order valence-electron chi connectivity index (χ1n) is 12.0. The molecule has 7 nitrogen and oxygen atoms in total. The predicted molar refractivity (Wildman–Crippen MR) is 131 cm³/mol. The molecule has 35 heavy (non-hydrogen) atoms. The third-order valence-corrected chi connectivity index (χ3v) is 7.02. The zero-order valence-corrected chi connectivity index (χ0v) is 19.3. The summed E-state index contributed by atoms with van der Waals surface area (Å²) in [5.74, 6) is -2.50. The zero-order chi connectivity index (χ0) is 24.5. The van der Waals surface area contributed by atoms with Gasteiger partial charge in [-0.15, -0.1) is 0 Å². The average molecular weight is 471 g/mol. The molecule has 1 aliphatic heterocycles. The Morgan fingerprint density at radius 1 is 0.829 bits per heavy atom. The monoisotopic (exact) mass is 470 g/mol. The molecule has 7 heteroatoms. The van der Waals surface area contributed by atoms with Gasteiger partial charge in [0.25, 0.3) is 17.7 Å². The van der Waals surface area contributed by atoms with Crippen molar-refractivity contribution in [3.63, 3.8) is 0 Å². The van der Waals surface area contributed by atoms with E-state index >= 15 is 0 Å². The Labute approximate surface area is 202 Å². The van der Waals surface area contributed by atoms with Gasteiger partial charge in [0, 0.05) is 40.0 Å². The second-order valence-electron chi connectivity index (χ2n) is 9.14. The van der Waals surface area contributed by atoms with Crippen LogP contribution in [0.1, 0.15) is 79.1 Å². The van der Waals surface area contributed by atoms with Gasteiger partial charge in [0.05, 0.1) is 5.56 Å².